The smallest absolute Gasteiger partial charge is 0.338 e. The van der Waals surface area contributed by atoms with E-state index in [1.54, 1.807) is 12.1 Å². The average Bonchev–Trinajstić information content (AvgIpc) is 2.80. The molecule has 1 aromatic carbocycles. The molecule has 3 rings (SSSR count). The second kappa shape index (κ2) is 4.79. The van der Waals surface area contributed by atoms with Gasteiger partial charge in [0.1, 0.15) is 5.52 Å². The van der Waals surface area contributed by atoms with Crippen molar-refractivity contribution in [1.29, 1.82) is 0 Å². The molecule has 0 amide bonds. The number of aromatic nitrogens is 1. The molecule has 2 atom stereocenters. The number of anilines is 1. The third kappa shape index (κ3) is 2.22. The van der Waals surface area contributed by atoms with Crippen molar-refractivity contribution in [2.75, 3.05) is 18.0 Å². The van der Waals surface area contributed by atoms with Crippen LogP contribution in [0.15, 0.2) is 22.6 Å². The summed E-state index contributed by atoms with van der Waals surface area (Å²) < 4.78 is 11.4. The minimum Gasteiger partial charge on any atom is -0.478 e. The van der Waals surface area contributed by atoms with Gasteiger partial charge in [-0.2, -0.15) is 4.98 Å². The molecule has 2 heterocycles. The second-order valence-electron chi connectivity index (χ2n) is 5.12. The summed E-state index contributed by atoms with van der Waals surface area (Å²) in [6, 6.07) is 5.37. The summed E-state index contributed by atoms with van der Waals surface area (Å²) >= 11 is 0. The molecule has 0 spiro atoms. The first-order chi connectivity index (χ1) is 9.54. The molecule has 0 radical (unpaired) electrons. The lowest BCUT2D eigenvalue weighted by Crippen LogP contribution is -2.45. The molecule has 1 N–H and O–H groups in total. The van der Waals surface area contributed by atoms with Gasteiger partial charge in [0.2, 0.25) is 0 Å². The molecule has 1 aliphatic rings. The van der Waals surface area contributed by atoms with E-state index in [-0.39, 0.29) is 17.8 Å². The van der Waals surface area contributed by atoms with E-state index in [2.05, 4.69) is 4.98 Å². The first kappa shape index (κ1) is 12.9. The molecule has 106 valence electrons. The average molecular weight is 276 g/mol. The molecule has 1 aliphatic heterocycles. The van der Waals surface area contributed by atoms with Crippen LogP contribution in [0.25, 0.3) is 11.1 Å². The van der Waals surface area contributed by atoms with Gasteiger partial charge >= 0.3 is 5.97 Å². The van der Waals surface area contributed by atoms with Crippen molar-refractivity contribution in [2.24, 2.45) is 0 Å². The molecular formula is C14H16N2O4. The molecule has 0 aliphatic carbocycles. The number of oxazole rings is 1. The fourth-order valence-electron chi connectivity index (χ4n) is 2.58. The van der Waals surface area contributed by atoms with Crippen LogP contribution in [-0.4, -0.2) is 41.4 Å². The zero-order valence-electron chi connectivity index (χ0n) is 11.4. The Kier molecular flexibility index (Phi) is 3.10. The van der Waals surface area contributed by atoms with Gasteiger partial charge in [-0.15, -0.1) is 0 Å². The van der Waals surface area contributed by atoms with Crippen molar-refractivity contribution >= 4 is 23.1 Å². The van der Waals surface area contributed by atoms with Crippen LogP contribution in [0, 0.1) is 0 Å². The first-order valence-corrected chi connectivity index (χ1v) is 6.58. The topological polar surface area (TPSA) is 75.8 Å². The first-order valence-electron chi connectivity index (χ1n) is 6.58. The van der Waals surface area contributed by atoms with E-state index in [0.717, 1.165) is 0 Å². The van der Waals surface area contributed by atoms with Gasteiger partial charge in [-0.3, -0.25) is 0 Å². The minimum absolute atomic E-state index is 0.0905. The molecule has 6 nitrogen and oxygen atoms in total. The largest absolute Gasteiger partial charge is 0.478 e. The number of carbonyl (C=O) groups is 1. The molecular weight excluding hydrogens is 260 g/mol. The molecule has 2 aromatic rings. The fraction of sp³-hybridized carbons (Fsp3) is 0.429. The number of hydrogen-bond donors (Lipinski definition) is 1. The van der Waals surface area contributed by atoms with Crippen molar-refractivity contribution in [3.63, 3.8) is 0 Å². The maximum Gasteiger partial charge on any atom is 0.338 e. The Morgan fingerprint density at radius 3 is 2.70 bits per heavy atom. The molecule has 0 unspecified atom stereocenters. The number of carboxylic acid groups (broad SMARTS) is 1. The van der Waals surface area contributed by atoms with Gasteiger partial charge in [0.05, 0.1) is 17.8 Å². The normalized spacial score (nSPS) is 23.2. The molecule has 6 heteroatoms. The highest BCUT2D eigenvalue weighted by Gasteiger charge is 2.26. The van der Waals surface area contributed by atoms with Crippen molar-refractivity contribution in [2.45, 2.75) is 26.1 Å². The van der Waals surface area contributed by atoms with Gasteiger partial charge in [-0.25, -0.2) is 4.79 Å². The number of carboxylic acids is 1. The highest BCUT2D eigenvalue weighted by atomic mass is 16.5. The number of para-hydroxylation sites is 1. The van der Waals surface area contributed by atoms with Crippen LogP contribution in [0.5, 0.6) is 0 Å². The number of hydrogen-bond acceptors (Lipinski definition) is 5. The van der Waals surface area contributed by atoms with Crippen LogP contribution in [-0.2, 0) is 4.74 Å². The van der Waals surface area contributed by atoms with Gasteiger partial charge in [0.25, 0.3) is 6.01 Å². The third-order valence-corrected chi connectivity index (χ3v) is 3.33. The van der Waals surface area contributed by atoms with Crippen LogP contribution < -0.4 is 4.90 Å². The number of fused-ring (bicyclic) bond motifs is 1. The van der Waals surface area contributed by atoms with E-state index in [9.17, 15) is 9.90 Å². The maximum absolute atomic E-state index is 11.2. The summed E-state index contributed by atoms with van der Waals surface area (Å²) in [5.74, 6) is -1.00. The summed E-state index contributed by atoms with van der Waals surface area (Å²) in [4.78, 5) is 17.5. The van der Waals surface area contributed by atoms with E-state index >= 15 is 0 Å². The van der Waals surface area contributed by atoms with Crippen molar-refractivity contribution in [1.82, 2.24) is 4.98 Å². The lowest BCUT2D eigenvalue weighted by molar-refractivity contribution is -0.00662. The van der Waals surface area contributed by atoms with Crippen LogP contribution in [0.4, 0.5) is 6.01 Å². The third-order valence-electron chi connectivity index (χ3n) is 3.33. The summed E-state index contributed by atoms with van der Waals surface area (Å²) in [5, 5.41) is 9.17. The van der Waals surface area contributed by atoms with Crippen LogP contribution in [0.3, 0.4) is 0 Å². The van der Waals surface area contributed by atoms with E-state index in [1.165, 1.54) is 6.07 Å². The monoisotopic (exact) mass is 276 g/mol. The Morgan fingerprint density at radius 1 is 1.35 bits per heavy atom. The van der Waals surface area contributed by atoms with Gasteiger partial charge in [-0.05, 0) is 26.0 Å². The molecule has 1 saturated heterocycles. The minimum atomic E-state index is -1.00. The number of ether oxygens (including phenoxy) is 1. The quantitative estimate of drug-likeness (QED) is 0.905. The fourth-order valence-corrected chi connectivity index (χ4v) is 2.58. The van der Waals surface area contributed by atoms with Crippen molar-refractivity contribution < 1.29 is 19.1 Å². The lowest BCUT2D eigenvalue weighted by Gasteiger charge is -2.34. The summed E-state index contributed by atoms with van der Waals surface area (Å²) in [6.45, 7) is 5.35. The maximum atomic E-state index is 11.2. The Morgan fingerprint density at radius 2 is 2.05 bits per heavy atom. The zero-order valence-corrected chi connectivity index (χ0v) is 11.4. The van der Waals surface area contributed by atoms with Crippen LogP contribution in [0.1, 0.15) is 24.2 Å². The van der Waals surface area contributed by atoms with E-state index in [0.29, 0.717) is 30.2 Å². The Balaban J connectivity index is 2.00. The number of rotatable bonds is 2. The molecule has 0 bridgehead atoms. The van der Waals surface area contributed by atoms with Crippen molar-refractivity contribution in [3.8, 4) is 0 Å². The van der Waals surface area contributed by atoms with Gasteiger partial charge in [-0.1, -0.05) is 6.07 Å². The number of aromatic carboxylic acids is 1. The molecule has 0 saturated carbocycles. The Bertz CT molecular complexity index is 642. The van der Waals surface area contributed by atoms with Crippen LogP contribution >= 0.6 is 0 Å². The van der Waals surface area contributed by atoms with Gasteiger partial charge in [0, 0.05) is 13.1 Å². The number of benzene rings is 1. The predicted molar refractivity (Wildman–Crippen MR) is 73.2 cm³/mol. The lowest BCUT2D eigenvalue weighted by atomic mass is 10.2. The number of nitrogens with zero attached hydrogens (tertiary/aromatic N) is 2. The summed E-state index contributed by atoms with van der Waals surface area (Å²) in [5.41, 5.74) is 1.04. The Hall–Kier alpha value is -2.08. The van der Waals surface area contributed by atoms with Gasteiger partial charge < -0.3 is 19.2 Å². The SMILES string of the molecule is C[C@@H]1CN(c2nc3c(C(=O)O)cccc3o2)C[C@@H](C)O1. The number of morpholine rings is 1. The summed E-state index contributed by atoms with van der Waals surface area (Å²) in [7, 11) is 0. The second-order valence-corrected chi connectivity index (χ2v) is 5.12. The summed E-state index contributed by atoms with van der Waals surface area (Å²) in [6.07, 6.45) is 0.181. The van der Waals surface area contributed by atoms with E-state index in [4.69, 9.17) is 9.15 Å². The van der Waals surface area contributed by atoms with Gasteiger partial charge in [0.15, 0.2) is 5.58 Å². The predicted octanol–water partition coefficient (Wildman–Crippen LogP) is 2.14. The molecule has 20 heavy (non-hydrogen) atoms. The van der Waals surface area contributed by atoms with E-state index in [1.807, 2.05) is 18.7 Å². The highest BCUT2D eigenvalue weighted by Crippen LogP contribution is 2.26. The standard InChI is InChI=1S/C14H16N2O4/c1-8-6-16(7-9(2)19-8)14-15-12-10(13(17)18)4-3-5-11(12)20-14/h3-5,8-9H,6-7H2,1-2H3,(H,17,18)/t8-,9-/m1/s1. The Labute approximate surface area is 116 Å². The molecule has 1 fully saturated rings. The van der Waals surface area contributed by atoms with Crippen LogP contribution in [0.2, 0.25) is 0 Å². The zero-order chi connectivity index (χ0) is 14.3. The van der Waals surface area contributed by atoms with E-state index < -0.39 is 5.97 Å². The van der Waals surface area contributed by atoms with Crippen molar-refractivity contribution in [3.05, 3.63) is 23.8 Å². The molecule has 1 aromatic heterocycles. The highest BCUT2D eigenvalue weighted by molar-refractivity contribution is 6.00.